The lowest BCUT2D eigenvalue weighted by Gasteiger charge is -2.30. The summed E-state index contributed by atoms with van der Waals surface area (Å²) in [6, 6.07) is -1.00. The summed E-state index contributed by atoms with van der Waals surface area (Å²) in [5.74, 6) is -1.58. The van der Waals surface area contributed by atoms with E-state index in [1.807, 2.05) is 6.92 Å². The molecule has 0 heterocycles. The van der Waals surface area contributed by atoms with Crippen molar-refractivity contribution in [2.24, 2.45) is 4.58 Å². The summed E-state index contributed by atoms with van der Waals surface area (Å²) in [5, 5.41) is 4.82. The molecule has 1 atom stereocenters. The topological polar surface area (TPSA) is 114 Å². The molecule has 0 fully saturated rings. The van der Waals surface area contributed by atoms with Gasteiger partial charge in [-0.3, -0.25) is 14.4 Å². The van der Waals surface area contributed by atoms with Gasteiger partial charge >= 0.3 is 5.97 Å². The molecule has 0 aliphatic carbocycles. The maximum Gasteiger partial charge on any atom is 0.325 e. The van der Waals surface area contributed by atoms with Gasteiger partial charge in [0.2, 0.25) is 11.8 Å². The molecule has 21 heavy (non-hydrogen) atoms. The zero-order valence-corrected chi connectivity index (χ0v) is 13.4. The van der Waals surface area contributed by atoms with E-state index in [1.165, 1.54) is 6.92 Å². The first kappa shape index (κ1) is 19.4. The van der Waals surface area contributed by atoms with Crippen LogP contribution in [0.3, 0.4) is 0 Å². The Kier molecular flexibility index (Phi) is 8.60. The molecular weight excluding hydrogens is 298 g/mol. The Labute approximate surface area is 127 Å². The Bertz CT molecular complexity index is 400. The van der Waals surface area contributed by atoms with E-state index in [0.29, 0.717) is 18.4 Å². The van der Waals surface area contributed by atoms with E-state index in [-0.39, 0.29) is 13.2 Å². The summed E-state index contributed by atoms with van der Waals surface area (Å²) >= 11 is 0.638. The first-order valence-electron chi connectivity index (χ1n) is 6.45. The summed E-state index contributed by atoms with van der Waals surface area (Å²) in [6.45, 7) is 6.27. The van der Waals surface area contributed by atoms with Crippen molar-refractivity contribution >= 4 is 29.7 Å². The molecule has 8 nitrogen and oxygen atoms in total. The maximum absolute atomic E-state index is 12.1. The number of esters is 1. The van der Waals surface area contributed by atoms with Crippen molar-refractivity contribution in [3.05, 3.63) is 4.91 Å². The molecule has 0 rings (SSSR count). The predicted molar refractivity (Wildman–Crippen MR) is 79.3 cm³/mol. The zero-order valence-electron chi connectivity index (χ0n) is 12.6. The third-order valence-corrected chi connectivity index (χ3v) is 3.23. The van der Waals surface area contributed by atoms with Crippen LogP contribution >= 0.6 is 11.9 Å². The molecule has 0 aliphatic heterocycles. The standard InChI is InChI=1S/C12H21N3O5S/c1-5-6-20-9(17)7-13-11(18)10(14-8(2)16)12(3,4)21-15-19/h10H,5-7H2,1-4H3,(H,13,18)(H,14,16)/t10-/m1/s1. The summed E-state index contributed by atoms with van der Waals surface area (Å²) in [5.41, 5.74) is 0. The lowest BCUT2D eigenvalue weighted by Crippen LogP contribution is -2.56. The second-order valence-electron chi connectivity index (χ2n) is 4.84. The van der Waals surface area contributed by atoms with Crippen LogP contribution in [0.15, 0.2) is 4.58 Å². The van der Waals surface area contributed by atoms with E-state index < -0.39 is 28.6 Å². The van der Waals surface area contributed by atoms with Crippen LogP contribution in [-0.2, 0) is 19.1 Å². The van der Waals surface area contributed by atoms with Gasteiger partial charge in [0.15, 0.2) is 0 Å². The van der Waals surface area contributed by atoms with Crippen molar-refractivity contribution in [3.8, 4) is 0 Å². The fourth-order valence-corrected chi connectivity index (χ4v) is 1.90. The highest BCUT2D eigenvalue weighted by molar-refractivity contribution is 7.99. The molecule has 2 amide bonds. The van der Waals surface area contributed by atoms with Gasteiger partial charge in [0, 0.05) is 23.5 Å². The van der Waals surface area contributed by atoms with Crippen LogP contribution in [-0.4, -0.2) is 41.7 Å². The Morgan fingerprint density at radius 2 is 1.95 bits per heavy atom. The second-order valence-corrected chi connectivity index (χ2v) is 6.22. The first-order valence-corrected chi connectivity index (χ1v) is 7.23. The van der Waals surface area contributed by atoms with Crippen molar-refractivity contribution in [2.45, 2.75) is 44.9 Å². The molecule has 9 heteroatoms. The number of amides is 2. The Morgan fingerprint density at radius 1 is 1.33 bits per heavy atom. The molecule has 0 saturated carbocycles. The van der Waals surface area contributed by atoms with Crippen molar-refractivity contribution in [3.63, 3.8) is 0 Å². The van der Waals surface area contributed by atoms with E-state index >= 15 is 0 Å². The second kappa shape index (κ2) is 9.32. The lowest BCUT2D eigenvalue weighted by atomic mass is 10.0. The van der Waals surface area contributed by atoms with Crippen LogP contribution < -0.4 is 10.6 Å². The molecular formula is C12H21N3O5S. The monoisotopic (exact) mass is 319 g/mol. The number of rotatable bonds is 9. The molecule has 0 saturated heterocycles. The van der Waals surface area contributed by atoms with Crippen LogP contribution in [0.1, 0.15) is 34.1 Å². The average molecular weight is 319 g/mol. The van der Waals surface area contributed by atoms with Gasteiger partial charge in [0.1, 0.15) is 12.6 Å². The number of hydrogen-bond donors (Lipinski definition) is 2. The highest BCUT2D eigenvalue weighted by atomic mass is 32.2. The summed E-state index contributed by atoms with van der Waals surface area (Å²) < 4.78 is 6.56. The SMILES string of the molecule is CCCOC(=O)CNC(=O)[C@@H](NC(C)=O)C(C)(C)SN=O. The summed E-state index contributed by atoms with van der Waals surface area (Å²) in [4.78, 5) is 45.0. The molecule has 0 aliphatic rings. The normalized spacial score (nSPS) is 12.2. The third-order valence-electron chi connectivity index (χ3n) is 2.45. The Morgan fingerprint density at radius 3 is 2.43 bits per heavy atom. The Hall–Kier alpha value is -1.64. The van der Waals surface area contributed by atoms with Crippen molar-refractivity contribution < 1.29 is 19.1 Å². The van der Waals surface area contributed by atoms with Gasteiger partial charge in [-0.15, -0.1) is 4.91 Å². The van der Waals surface area contributed by atoms with E-state index in [2.05, 4.69) is 15.2 Å². The van der Waals surface area contributed by atoms with Gasteiger partial charge in [0.25, 0.3) is 0 Å². The molecule has 2 N–H and O–H groups in total. The molecule has 0 aromatic rings. The summed E-state index contributed by atoms with van der Waals surface area (Å²) in [7, 11) is 0. The van der Waals surface area contributed by atoms with E-state index in [4.69, 9.17) is 4.74 Å². The molecule has 0 aromatic heterocycles. The average Bonchev–Trinajstić information content (AvgIpc) is 2.39. The number of nitrogens with zero attached hydrogens (tertiary/aromatic N) is 1. The van der Waals surface area contributed by atoms with Crippen molar-refractivity contribution in [1.82, 2.24) is 10.6 Å². The van der Waals surface area contributed by atoms with E-state index in [0.717, 1.165) is 0 Å². The summed E-state index contributed by atoms with van der Waals surface area (Å²) in [6.07, 6.45) is 0.683. The van der Waals surface area contributed by atoms with Gasteiger partial charge in [-0.25, -0.2) is 0 Å². The fraction of sp³-hybridized carbons (Fsp3) is 0.750. The Balaban J connectivity index is 4.69. The fourth-order valence-electron chi connectivity index (χ4n) is 1.44. The molecule has 0 radical (unpaired) electrons. The minimum atomic E-state index is -1.00. The number of carbonyl (C=O) groups excluding carboxylic acids is 3. The molecule has 0 unspecified atom stereocenters. The van der Waals surface area contributed by atoms with E-state index in [9.17, 15) is 19.3 Å². The number of carbonyl (C=O) groups is 3. The van der Waals surface area contributed by atoms with Gasteiger partial charge in [-0.1, -0.05) is 6.92 Å². The van der Waals surface area contributed by atoms with Gasteiger partial charge in [0.05, 0.1) is 11.4 Å². The number of ether oxygens (including phenoxy) is 1. The molecule has 0 spiro atoms. The number of nitrogens with one attached hydrogen (secondary N) is 2. The van der Waals surface area contributed by atoms with Crippen molar-refractivity contribution in [1.29, 1.82) is 0 Å². The predicted octanol–water partition coefficient (Wildman–Crippen LogP) is 0.754. The minimum Gasteiger partial charge on any atom is -0.464 e. The highest BCUT2D eigenvalue weighted by Gasteiger charge is 2.37. The van der Waals surface area contributed by atoms with Crippen LogP contribution in [0.25, 0.3) is 0 Å². The zero-order chi connectivity index (χ0) is 16.5. The van der Waals surface area contributed by atoms with Crippen LogP contribution in [0.2, 0.25) is 0 Å². The lowest BCUT2D eigenvalue weighted by molar-refractivity contribution is -0.144. The molecule has 0 aromatic carbocycles. The highest BCUT2D eigenvalue weighted by Crippen LogP contribution is 2.29. The third kappa shape index (κ3) is 7.64. The molecule has 120 valence electrons. The van der Waals surface area contributed by atoms with Crippen molar-refractivity contribution in [2.75, 3.05) is 13.2 Å². The minimum absolute atomic E-state index is 0.278. The number of nitroso groups, excluding NO2 is 1. The molecule has 0 bridgehead atoms. The first-order chi connectivity index (χ1) is 9.74. The number of hydrogen-bond acceptors (Lipinski definition) is 7. The van der Waals surface area contributed by atoms with Crippen LogP contribution in [0.5, 0.6) is 0 Å². The van der Waals surface area contributed by atoms with Gasteiger partial charge in [-0.05, 0) is 20.3 Å². The quantitative estimate of drug-likeness (QED) is 0.368. The maximum atomic E-state index is 12.1. The smallest absolute Gasteiger partial charge is 0.325 e. The largest absolute Gasteiger partial charge is 0.464 e. The van der Waals surface area contributed by atoms with Crippen LogP contribution in [0, 0.1) is 4.91 Å². The van der Waals surface area contributed by atoms with Gasteiger partial charge < -0.3 is 15.4 Å². The van der Waals surface area contributed by atoms with E-state index in [1.54, 1.807) is 13.8 Å². The van der Waals surface area contributed by atoms with Crippen LogP contribution in [0.4, 0.5) is 0 Å². The van der Waals surface area contributed by atoms with Gasteiger partial charge in [-0.2, -0.15) is 0 Å².